The van der Waals surface area contributed by atoms with E-state index in [0.29, 0.717) is 0 Å². The predicted octanol–water partition coefficient (Wildman–Crippen LogP) is 6.70. The van der Waals surface area contributed by atoms with Gasteiger partial charge in [0.15, 0.2) is 11.4 Å². The molecule has 4 aromatic rings. The zero-order valence-corrected chi connectivity index (χ0v) is 27.8. The highest BCUT2D eigenvalue weighted by Crippen LogP contribution is 2.30. The van der Waals surface area contributed by atoms with Crippen LogP contribution >= 0.6 is 23.2 Å². The van der Waals surface area contributed by atoms with Crippen molar-refractivity contribution in [1.29, 1.82) is 0 Å². The minimum atomic E-state index is -4.16. The van der Waals surface area contributed by atoms with Crippen molar-refractivity contribution in [2.24, 2.45) is 14.1 Å². The van der Waals surface area contributed by atoms with Gasteiger partial charge in [0.25, 0.3) is 0 Å². The van der Waals surface area contributed by atoms with E-state index in [2.05, 4.69) is 90.0 Å². The zero-order valence-electron chi connectivity index (χ0n) is 25.4. The number of pyridine rings is 2. The smallest absolute Gasteiger partial charge is 0.384 e. The fourth-order valence-electron chi connectivity index (χ4n) is 5.11. The number of aromatic nitrogens is 2. The molecule has 0 aliphatic heterocycles. The lowest BCUT2D eigenvalue weighted by atomic mass is 10.1. The van der Waals surface area contributed by atoms with E-state index in [9.17, 15) is 8.42 Å². The van der Waals surface area contributed by atoms with E-state index in [0.717, 1.165) is 54.2 Å². The maximum atomic E-state index is 9.33. The standard InChI is InChI=1S/C30H36Cl2N4.CH4O4S/c1-19-17-27(23-11-13-25(31)21(3)29(23)35(19)5)33-15-9-7-8-10-16-34-28-18-20(2)36(6)30-22(4)26(32)14-12-24(28)30;1-5-6(2,3)4/h11-14,17-18H,7-10,15-16H2,1-6H3;1H3,(H,2,3,4)/p+2. The van der Waals surface area contributed by atoms with Crippen molar-refractivity contribution < 1.29 is 26.3 Å². The first-order chi connectivity index (χ1) is 19.8. The average Bonchev–Trinajstić information content (AvgIpc) is 2.94. The topological polar surface area (TPSA) is 95.4 Å². The molecule has 0 radical (unpaired) electrons. The van der Waals surface area contributed by atoms with Crippen molar-refractivity contribution in [3.8, 4) is 0 Å². The van der Waals surface area contributed by atoms with Gasteiger partial charge in [0.2, 0.25) is 11.0 Å². The van der Waals surface area contributed by atoms with Gasteiger partial charge in [0.1, 0.15) is 14.1 Å². The third-order valence-corrected chi connectivity index (χ3v) is 8.93. The molecular weight excluding hydrogens is 595 g/mol. The molecule has 0 saturated heterocycles. The molecule has 2 heterocycles. The van der Waals surface area contributed by atoms with Gasteiger partial charge in [-0.25, -0.2) is 0 Å². The second-order valence-electron chi connectivity index (χ2n) is 10.5. The lowest BCUT2D eigenvalue weighted by Gasteiger charge is -2.13. The van der Waals surface area contributed by atoms with Gasteiger partial charge < -0.3 is 10.6 Å². The normalized spacial score (nSPS) is 11.5. The Labute approximate surface area is 259 Å². The quantitative estimate of drug-likeness (QED) is 0.102. The summed E-state index contributed by atoms with van der Waals surface area (Å²) in [6.45, 7) is 10.4. The third-order valence-electron chi connectivity index (χ3n) is 7.69. The van der Waals surface area contributed by atoms with Gasteiger partial charge in [-0.3, -0.25) is 8.74 Å². The number of nitrogens with one attached hydrogen (secondary N) is 2. The molecule has 8 nitrogen and oxygen atoms in total. The molecule has 0 unspecified atom stereocenters. The van der Waals surface area contributed by atoms with Crippen molar-refractivity contribution >= 4 is 66.8 Å². The average molecular weight is 638 g/mol. The summed E-state index contributed by atoms with van der Waals surface area (Å²) in [5, 5.41) is 11.4. The van der Waals surface area contributed by atoms with Gasteiger partial charge >= 0.3 is 10.4 Å². The number of anilines is 2. The molecule has 0 aliphatic carbocycles. The highest BCUT2D eigenvalue weighted by atomic mass is 35.5. The van der Waals surface area contributed by atoms with Crippen molar-refractivity contribution in [3.05, 3.63) is 69.0 Å². The van der Waals surface area contributed by atoms with E-state index < -0.39 is 10.4 Å². The fourth-order valence-corrected chi connectivity index (χ4v) is 5.42. The number of benzene rings is 2. The van der Waals surface area contributed by atoms with Crippen LogP contribution in [0.15, 0.2) is 36.4 Å². The Morgan fingerprint density at radius 1 is 0.738 bits per heavy atom. The monoisotopic (exact) mass is 636 g/mol. The van der Waals surface area contributed by atoms with Crippen molar-refractivity contribution in [3.63, 3.8) is 0 Å². The van der Waals surface area contributed by atoms with Crippen LogP contribution in [0.3, 0.4) is 0 Å². The van der Waals surface area contributed by atoms with E-state index in [1.54, 1.807) is 0 Å². The summed E-state index contributed by atoms with van der Waals surface area (Å²) in [4.78, 5) is 0. The summed E-state index contributed by atoms with van der Waals surface area (Å²) in [6.07, 6.45) is 4.70. The van der Waals surface area contributed by atoms with E-state index in [4.69, 9.17) is 27.8 Å². The Kier molecular flexibility index (Phi) is 11.8. The predicted molar refractivity (Wildman–Crippen MR) is 173 cm³/mol. The molecule has 2 aromatic heterocycles. The van der Waals surface area contributed by atoms with E-state index in [-0.39, 0.29) is 0 Å². The number of hydrogen-bond acceptors (Lipinski definition) is 5. The summed E-state index contributed by atoms with van der Waals surface area (Å²) in [5.41, 5.74) is 9.48. The van der Waals surface area contributed by atoms with Gasteiger partial charge in [0.05, 0.1) is 39.3 Å². The molecule has 0 amide bonds. The Bertz CT molecular complexity index is 1570. The number of unbranched alkanes of at least 4 members (excludes halogenated alkanes) is 3. The Hall–Kier alpha value is -2.69. The van der Waals surface area contributed by atoms with Crippen molar-refractivity contribution in [2.45, 2.75) is 53.4 Å². The molecule has 2 aromatic carbocycles. The van der Waals surface area contributed by atoms with Gasteiger partial charge in [-0.1, -0.05) is 36.0 Å². The fraction of sp³-hybridized carbons (Fsp3) is 0.419. The molecule has 0 spiro atoms. The Morgan fingerprint density at radius 2 is 1.10 bits per heavy atom. The Balaban J connectivity index is 0.000000730. The first-order valence-corrected chi connectivity index (χ1v) is 16.1. The van der Waals surface area contributed by atoms with Gasteiger partial charge in [0, 0.05) is 50.2 Å². The van der Waals surface area contributed by atoms with Crippen LogP contribution in [-0.2, 0) is 28.7 Å². The second-order valence-corrected chi connectivity index (χ2v) is 12.5. The van der Waals surface area contributed by atoms with Gasteiger partial charge in [-0.15, -0.1) is 0 Å². The molecule has 42 heavy (non-hydrogen) atoms. The van der Waals surface area contributed by atoms with Crippen LogP contribution in [0.1, 0.15) is 48.2 Å². The Morgan fingerprint density at radius 3 is 1.43 bits per heavy atom. The van der Waals surface area contributed by atoms with Crippen LogP contribution < -0.4 is 19.8 Å². The first-order valence-electron chi connectivity index (χ1n) is 13.9. The molecule has 0 saturated carbocycles. The molecule has 4 rings (SSSR count). The van der Waals surface area contributed by atoms with E-state index >= 15 is 0 Å². The van der Waals surface area contributed by atoms with Crippen LogP contribution in [0.5, 0.6) is 0 Å². The zero-order chi connectivity index (χ0) is 31.2. The lowest BCUT2D eigenvalue weighted by Crippen LogP contribution is -2.34. The van der Waals surface area contributed by atoms with Gasteiger partial charge in [-0.05, 0) is 51.0 Å². The number of hydrogen-bond donors (Lipinski definition) is 3. The number of nitrogens with zero attached hydrogens (tertiary/aromatic N) is 2. The van der Waals surface area contributed by atoms with Crippen molar-refractivity contribution in [1.82, 2.24) is 0 Å². The van der Waals surface area contributed by atoms with E-state index in [1.807, 2.05) is 12.1 Å². The maximum Gasteiger partial charge on any atom is 0.397 e. The summed E-state index contributed by atoms with van der Waals surface area (Å²) in [6, 6.07) is 12.7. The number of rotatable bonds is 10. The molecule has 0 aliphatic rings. The molecule has 0 bridgehead atoms. The van der Waals surface area contributed by atoms with Crippen LogP contribution in [0.2, 0.25) is 10.0 Å². The summed E-state index contributed by atoms with van der Waals surface area (Å²) in [5.74, 6) is 0. The number of halogens is 2. The second kappa shape index (κ2) is 14.7. The third kappa shape index (κ3) is 8.23. The number of aryl methyl sites for hydroxylation is 6. The molecule has 228 valence electrons. The molecule has 3 N–H and O–H groups in total. The number of fused-ring (bicyclic) bond motifs is 2. The van der Waals surface area contributed by atoms with Crippen LogP contribution in [0, 0.1) is 27.7 Å². The SMILES string of the molecule is COS(=O)(=O)O.Cc1c(Cl)ccc2c(NCCCCCCNc3cc(C)[n+](C)c4c(C)c(Cl)ccc34)cc(C)[n+](C)c12. The van der Waals surface area contributed by atoms with Crippen molar-refractivity contribution in [2.75, 3.05) is 30.8 Å². The van der Waals surface area contributed by atoms with Gasteiger partial charge in [-0.2, -0.15) is 17.6 Å². The summed E-state index contributed by atoms with van der Waals surface area (Å²) < 4.78 is 34.2. The summed E-state index contributed by atoms with van der Waals surface area (Å²) >= 11 is 12.8. The minimum Gasteiger partial charge on any atom is -0.384 e. The molecular formula is C31H42Cl2N4O4S+2. The lowest BCUT2D eigenvalue weighted by molar-refractivity contribution is -0.651. The van der Waals surface area contributed by atoms with E-state index in [1.165, 1.54) is 57.4 Å². The maximum absolute atomic E-state index is 9.33. The van der Waals surface area contributed by atoms with Crippen LogP contribution in [0.4, 0.5) is 11.4 Å². The minimum absolute atomic E-state index is 0.815. The largest absolute Gasteiger partial charge is 0.397 e. The molecule has 11 heteroatoms. The van der Waals surface area contributed by atoms with Crippen LogP contribution in [-0.4, -0.2) is 33.2 Å². The highest BCUT2D eigenvalue weighted by molar-refractivity contribution is 7.80. The summed E-state index contributed by atoms with van der Waals surface area (Å²) in [7, 11) is 0.920. The highest BCUT2D eigenvalue weighted by Gasteiger charge is 2.19. The molecule has 0 fully saturated rings. The first kappa shape index (κ1) is 33.8. The van der Waals surface area contributed by atoms with Crippen LogP contribution in [0.25, 0.3) is 21.8 Å². The molecule has 0 atom stereocenters.